The standard InChI is InChI=1S/C13H24N2O4/c1-9(2)12(15-10(3)16)13(19)14-8-6-4-5-7-11(17)18/h9,12H,4-8H2,1-3H3,(H,14,19)(H,15,16)(H,17,18). The van der Waals surface area contributed by atoms with Crippen molar-refractivity contribution in [3.63, 3.8) is 0 Å². The summed E-state index contributed by atoms with van der Waals surface area (Å²) < 4.78 is 0. The Morgan fingerprint density at radius 1 is 1.11 bits per heavy atom. The first kappa shape index (κ1) is 17.4. The molecule has 0 radical (unpaired) electrons. The zero-order valence-corrected chi connectivity index (χ0v) is 11.9. The molecule has 3 N–H and O–H groups in total. The third-order valence-electron chi connectivity index (χ3n) is 2.67. The Balaban J connectivity index is 3.87. The number of carbonyl (C=O) groups is 3. The van der Waals surface area contributed by atoms with Gasteiger partial charge in [-0.2, -0.15) is 0 Å². The maximum absolute atomic E-state index is 11.8. The minimum atomic E-state index is -0.797. The molecule has 19 heavy (non-hydrogen) atoms. The van der Waals surface area contributed by atoms with Crippen molar-refractivity contribution < 1.29 is 19.5 Å². The molecule has 0 bridgehead atoms. The number of carboxylic acid groups (broad SMARTS) is 1. The number of nitrogens with one attached hydrogen (secondary N) is 2. The van der Waals surface area contributed by atoms with Crippen LogP contribution >= 0.6 is 0 Å². The molecule has 0 rings (SSSR count). The average molecular weight is 272 g/mol. The third kappa shape index (κ3) is 9.04. The summed E-state index contributed by atoms with van der Waals surface area (Å²) in [5, 5.41) is 13.8. The second kappa shape index (κ2) is 9.35. The van der Waals surface area contributed by atoms with Gasteiger partial charge >= 0.3 is 5.97 Å². The molecule has 0 saturated heterocycles. The molecule has 0 heterocycles. The predicted octanol–water partition coefficient (Wildman–Crippen LogP) is 0.908. The van der Waals surface area contributed by atoms with Crippen LogP contribution in [0.1, 0.15) is 46.5 Å². The molecule has 0 aliphatic carbocycles. The molecule has 1 unspecified atom stereocenters. The first-order valence-electron chi connectivity index (χ1n) is 6.61. The highest BCUT2D eigenvalue weighted by Gasteiger charge is 2.22. The highest BCUT2D eigenvalue weighted by atomic mass is 16.4. The summed E-state index contributed by atoms with van der Waals surface area (Å²) in [5.74, 6) is -1.19. The molecule has 0 aliphatic rings. The second-order valence-electron chi connectivity index (χ2n) is 4.92. The maximum atomic E-state index is 11.8. The van der Waals surface area contributed by atoms with E-state index in [2.05, 4.69) is 10.6 Å². The van der Waals surface area contributed by atoms with E-state index in [9.17, 15) is 14.4 Å². The molecule has 0 aliphatic heterocycles. The average Bonchev–Trinajstić information content (AvgIpc) is 2.29. The van der Waals surface area contributed by atoms with E-state index in [0.717, 1.165) is 12.8 Å². The first-order chi connectivity index (χ1) is 8.84. The molecule has 6 heteroatoms. The van der Waals surface area contributed by atoms with Crippen LogP contribution in [0.2, 0.25) is 0 Å². The summed E-state index contributed by atoms with van der Waals surface area (Å²) in [4.78, 5) is 33.1. The van der Waals surface area contributed by atoms with Gasteiger partial charge in [0.25, 0.3) is 0 Å². The molecule has 2 amide bonds. The number of unbranched alkanes of at least 4 members (excludes halogenated alkanes) is 2. The Hall–Kier alpha value is -1.59. The van der Waals surface area contributed by atoms with E-state index >= 15 is 0 Å². The van der Waals surface area contributed by atoms with Crippen LogP contribution in [0, 0.1) is 5.92 Å². The van der Waals surface area contributed by atoms with E-state index in [4.69, 9.17) is 5.11 Å². The van der Waals surface area contributed by atoms with Gasteiger partial charge in [0.2, 0.25) is 11.8 Å². The lowest BCUT2D eigenvalue weighted by molar-refractivity contribution is -0.137. The van der Waals surface area contributed by atoms with Gasteiger partial charge in [0.05, 0.1) is 0 Å². The highest BCUT2D eigenvalue weighted by Crippen LogP contribution is 2.03. The highest BCUT2D eigenvalue weighted by molar-refractivity contribution is 5.86. The van der Waals surface area contributed by atoms with Gasteiger partial charge in [0.1, 0.15) is 6.04 Å². The molecule has 0 spiro atoms. The van der Waals surface area contributed by atoms with Crippen LogP contribution in [0.15, 0.2) is 0 Å². The fourth-order valence-electron chi connectivity index (χ4n) is 1.65. The fourth-order valence-corrected chi connectivity index (χ4v) is 1.65. The Bertz CT molecular complexity index is 316. The van der Waals surface area contributed by atoms with Crippen LogP contribution in [0.3, 0.4) is 0 Å². The fraction of sp³-hybridized carbons (Fsp3) is 0.769. The van der Waals surface area contributed by atoms with E-state index in [1.807, 2.05) is 13.8 Å². The van der Waals surface area contributed by atoms with Crippen molar-refractivity contribution in [1.82, 2.24) is 10.6 Å². The van der Waals surface area contributed by atoms with Crippen LogP contribution in [-0.2, 0) is 14.4 Å². The van der Waals surface area contributed by atoms with Crippen molar-refractivity contribution in [3.8, 4) is 0 Å². The quantitative estimate of drug-likeness (QED) is 0.544. The summed E-state index contributed by atoms with van der Waals surface area (Å²) in [6, 6.07) is -0.517. The molecular weight excluding hydrogens is 248 g/mol. The lowest BCUT2D eigenvalue weighted by Crippen LogP contribution is -2.49. The Kier molecular flexibility index (Phi) is 8.57. The number of aliphatic carboxylic acids is 1. The number of hydrogen-bond donors (Lipinski definition) is 3. The van der Waals surface area contributed by atoms with Gasteiger partial charge in [0.15, 0.2) is 0 Å². The van der Waals surface area contributed by atoms with Crippen LogP contribution in [0.5, 0.6) is 0 Å². The van der Waals surface area contributed by atoms with Crippen molar-refractivity contribution in [1.29, 1.82) is 0 Å². The maximum Gasteiger partial charge on any atom is 0.303 e. The number of hydrogen-bond acceptors (Lipinski definition) is 3. The zero-order valence-electron chi connectivity index (χ0n) is 11.9. The molecule has 0 fully saturated rings. The van der Waals surface area contributed by atoms with Gasteiger partial charge in [-0.3, -0.25) is 14.4 Å². The summed E-state index contributed by atoms with van der Waals surface area (Å²) in [5.41, 5.74) is 0. The van der Waals surface area contributed by atoms with Crippen molar-refractivity contribution in [2.24, 2.45) is 5.92 Å². The number of carbonyl (C=O) groups excluding carboxylic acids is 2. The smallest absolute Gasteiger partial charge is 0.303 e. The molecule has 0 aromatic rings. The van der Waals surface area contributed by atoms with Crippen molar-refractivity contribution in [2.75, 3.05) is 6.54 Å². The SMILES string of the molecule is CC(=O)NC(C(=O)NCCCCCC(=O)O)C(C)C. The van der Waals surface area contributed by atoms with Gasteiger partial charge in [0, 0.05) is 19.9 Å². The summed E-state index contributed by atoms with van der Waals surface area (Å²) in [6.45, 7) is 5.62. The first-order valence-corrected chi connectivity index (χ1v) is 6.61. The Morgan fingerprint density at radius 2 is 1.74 bits per heavy atom. The molecule has 0 aromatic heterocycles. The molecule has 1 atom stereocenters. The molecular formula is C13H24N2O4. The van der Waals surface area contributed by atoms with Crippen LogP contribution in [0.4, 0.5) is 0 Å². The van der Waals surface area contributed by atoms with E-state index in [-0.39, 0.29) is 24.2 Å². The van der Waals surface area contributed by atoms with E-state index < -0.39 is 12.0 Å². The summed E-state index contributed by atoms with van der Waals surface area (Å²) >= 11 is 0. The van der Waals surface area contributed by atoms with Crippen molar-refractivity contribution in [3.05, 3.63) is 0 Å². The van der Waals surface area contributed by atoms with Crippen molar-refractivity contribution >= 4 is 17.8 Å². The van der Waals surface area contributed by atoms with Gasteiger partial charge in [-0.25, -0.2) is 0 Å². The lowest BCUT2D eigenvalue weighted by Gasteiger charge is -2.20. The normalized spacial score (nSPS) is 12.0. The monoisotopic (exact) mass is 272 g/mol. The lowest BCUT2D eigenvalue weighted by atomic mass is 10.0. The number of rotatable bonds is 9. The minimum Gasteiger partial charge on any atom is -0.481 e. The number of carboxylic acids is 1. The molecule has 110 valence electrons. The Morgan fingerprint density at radius 3 is 2.21 bits per heavy atom. The van der Waals surface area contributed by atoms with Crippen molar-refractivity contribution in [2.45, 2.75) is 52.5 Å². The van der Waals surface area contributed by atoms with Crippen LogP contribution < -0.4 is 10.6 Å². The minimum absolute atomic E-state index is 0.0240. The van der Waals surface area contributed by atoms with Crippen LogP contribution in [0.25, 0.3) is 0 Å². The summed E-state index contributed by atoms with van der Waals surface area (Å²) in [6.07, 6.45) is 2.28. The molecule has 6 nitrogen and oxygen atoms in total. The predicted molar refractivity (Wildman–Crippen MR) is 71.6 cm³/mol. The van der Waals surface area contributed by atoms with Gasteiger partial charge < -0.3 is 15.7 Å². The van der Waals surface area contributed by atoms with Gasteiger partial charge in [-0.1, -0.05) is 20.3 Å². The third-order valence-corrected chi connectivity index (χ3v) is 2.67. The second-order valence-corrected chi connectivity index (χ2v) is 4.92. The number of amides is 2. The largest absolute Gasteiger partial charge is 0.481 e. The van der Waals surface area contributed by atoms with Crippen LogP contribution in [-0.4, -0.2) is 35.5 Å². The Labute approximate surface area is 113 Å². The zero-order chi connectivity index (χ0) is 14.8. The van der Waals surface area contributed by atoms with Gasteiger partial charge in [-0.15, -0.1) is 0 Å². The topological polar surface area (TPSA) is 95.5 Å². The summed E-state index contributed by atoms with van der Waals surface area (Å²) in [7, 11) is 0. The van der Waals surface area contributed by atoms with E-state index in [0.29, 0.717) is 13.0 Å². The van der Waals surface area contributed by atoms with Gasteiger partial charge in [-0.05, 0) is 18.8 Å². The molecule has 0 aromatic carbocycles. The van der Waals surface area contributed by atoms with E-state index in [1.165, 1.54) is 6.92 Å². The molecule has 0 saturated carbocycles. The van der Waals surface area contributed by atoms with E-state index in [1.54, 1.807) is 0 Å².